The lowest BCUT2D eigenvalue weighted by Crippen LogP contribution is -2.14. The van der Waals surface area contributed by atoms with Gasteiger partial charge in [-0.15, -0.1) is 0 Å². The van der Waals surface area contributed by atoms with E-state index in [2.05, 4.69) is 12.1 Å². The largest absolute Gasteiger partial charge is 0.481 e. The lowest BCUT2D eigenvalue weighted by atomic mass is 9.90. The van der Waals surface area contributed by atoms with Crippen LogP contribution in [0, 0.1) is 0 Å². The molecule has 1 aliphatic heterocycles. The Kier molecular flexibility index (Phi) is 5.23. The number of aryl methyl sites for hydroxylation is 1. The van der Waals surface area contributed by atoms with Gasteiger partial charge in [0, 0.05) is 24.7 Å². The number of aliphatic carboxylic acids is 1. The van der Waals surface area contributed by atoms with Crippen LogP contribution < -0.4 is 0 Å². The minimum Gasteiger partial charge on any atom is -0.481 e. The van der Waals surface area contributed by atoms with Crippen molar-refractivity contribution in [2.75, 3.05) is 13.2 Å². The summed E-state index contributed by atoms with van der Waals surface area (Å²) in [7, 11) is 0. The number of benzene rings is 1. The summed E-state index contributed by atoms with van der Waals surface area (Å²) in [4.78, 5) is 10.5. The van der Waals surface area contributed by atoms with Crippen LogP contribution in [-0.4, -0.2) is 24.3 Å². The average molecular weight is 283 g/mol. The number of halogens is 1. The molecule has 0 spiro atoms. The zero-order chi connectivity index (χ0) is 13.7. The van der Waals surface area contributed by atoms with Gasteiger partial charge in [-0.2, -0.15) is 0 Å². The number of ether oxygens (including phenoxy) is 1. The lowest BCUT2D eigenvalue weighted by Gasteiger charge is -2.23. The van der Waals surface area contributed by atoms with E-state index >= 15 is 0 Å². The lowest BCUT2D eigenvalue weighted by molar-refractivity contribution is -0.137. The van der Waals surface area contributed by atoms with E-state index in [0.29, 0.717) is 12.3 Å². The van der Waals surface area contributed by atoms with E-state index < -0.39 is 5.97 Å². The Bertz CT molecular complexity index is 439. The van der Waals surface area contributed by atoms with Gasteiger partial charge in [-0.25, -0.2) is 0 Å². The number of hydrogen-bond acceptors (Lipinski definition) is 2. The van der Waals surface area contributed by atoms with Crippen LogP contribution in [-0.2, 0) is 16.0 Å². The molecule has 1 N–H and O–H groups in total. The monoisotopic (exact) mass is 282 g/mol. The van der Waals surface area contributed by atoms with Gasteiger partial charge in [-0.1, -0.05) is 23.7 Å². The molecule has 0 aromatic heterocycles. The second-order valence-electron chi connectivity index (χ2n) is 4.99. The molecule has 2 rings (SSSR count). The first kappa shape index (κ1) is 14.4. The van der Waals surface area contributed by atoms with E-state index in [-0.39, 0.29) is 6.42 Å². The van der Waals surface area contributed by atoms with Crippen molar-refractivity contribution in [3.05, 3.63) is 34.3 Å². The molecule has 1 aliphatic rings. The molecule has 0 atom stereocenters. The summed E-state index contributed by atoms with van der Waals surface area (Å²) in [6, 6.07) is 6.14. The molecular formula is C15H19ClO3. The van der Waals surface area contributed by atoms with Crippen LogP contribution in [0.15, 0.2) is 18.2 Å². The fraction of sp³-hybridized carbons (Fsp3) is 0.533. The van der Waals surface area contributed by atoms with Crippen molar-refractivity contribution in [3.8, 4) is 0 Å². The molecule has 0 amide bonds. The van der Waals surface area contributed by atoms with Crippen LogP contribution in [0.4, 0.5) is 0 Å². The van der Waals surface area contributed by atoms with Crippen LogP contribution in [0.2, 0.25) is 5.02 Å². The summed E-state index contributed by atoms with van der Waals surface area (Å²) in [5.41, 5.74) is 2.31. The van der Waals surface area contributed by atoms with E-state index in [9.17, 15) is 4.79 Å². The number of carbonyl (C=O) groups is 1. The summed E-state index contributed by atoms with van der Waals surface area (Å²) in [5.74, 6) is -0.251. The Labute approximate surface area is 118 Å². The van der Waals surface area contributed by atoms with Crippen LogP contribution in [0.3, 0.4) is 0 Å². The molecule has 1 aromatic rings. The first-order valence-corrected chi connectivity index (χ1v) is 7.12. The fourth-order valence-corrected chi connectivity index (χ4v) is 2.87. The molecule has 0 saturated carbocycles. The van der Waals surface area contributed by atoms with Gasteiger partial charge in [-0.05, 0) is 48.8 Å². The number of carboxylic acids is 1. The molecule has 1 aromatic carbocycles. The van der Waals surface area contributed by atoms with Crippen molar-refractivity contribution < 1.29 is 14.6 Å². The van der Waals surface area contributed by atoms with Gasteiger partial charge in [-0.3, -0.25) is 4.79 Å². The third-order valence-electron chi connectivity index (χ3n) is 3.58. The number of rotatable bonds is 5. The molecular weight excluding hydrogens is 264 g/mol. The summed E-state index contributed by atoms with van der Waals surface area (Å²) in [5, 5.41) is 9.43. The predicted octanol–water partition coefficient (Wildman–Crippen LogP) is 3.64. The van der Waals surface area contributed by atoms with E-state index in [1.165, 1.54) is 5.56 Å². The molecule has 1 heterocycles. The first-order valence-electron chi connectivity index (χ1n) is 6.74. The van der Waals surface area contributed by atoms with Crippen LogP contribution >= 0.6 is 11.6 Å². The van der Waals surface area contributed by atoms with Gasteiger partial charge in [0.05, 0.1) is 0 Å². The van der Waals surface area contributed by atoms with Gasteiger partial charge in [0.25, 0.3) is 0 Å². The quantitative estimate of drug-likeness (QED) is 0.897. The van der Waals surface area contributed by atoms with Crippen molar-refractivity contribution in [2.24, 2.45) is 0 Å². The standard InChI is InChI=1S/C15H19ClO3/c16-14-10-11(2-1-3-15(17)18)4-5-13(14)12-6-8-19-9-7-12/h4-5,10,12H,1-3,6-9H2,(H,17,18). The highest BCUT2D eigenvalue weighted by Gasteiger charge is 2.18. The second kappa shape index (κ2) is 6.92. The molecule has 3 nitrogen and oxygen atoms in total. The zero-order valence-corrected chi connectivity index (χ0v) is 11.7. The molecule has 0 unspecified atom stereocenters. The van der Waals surface area contributed by atoms with E-state index in [0.717, 1.165) is 43.1 Å². The maximum atomic E-state index is 10.5. The van der Waals surface area contributed by atoms with E-state index in [4.69, 9.17) is 21.4 Å². The minimum absolute atomic E-state index is 0.208. The second-order valence-corrected chi connectivity index (χ2v) is 5.40. The molecule has 1 fully saturated rings. The smallest absolute Gasteiger partial charge is 0.303 e. The molecule has 0 bridgehead atoms. The van der Waals surface area contributed by atoms with Gasteiger partial charge >= 0.3 is 5.97 Å². The average Bonchev–Trinajstić information content (AvgIpc) is 2.39. The van der Waals surface area contributed by atoms with Gasteiger partial charge < -0.3 is 9.84 Å². The van der Waals surface area contributed by atoms with E-state index in [1.54, 1.807) is 0 Å². The number of hydrogen-bond donors (Lipinski definition) is 1. The molecule has 4 heteroatoms. The number of carboxylic acid groups (broad SMARTS) is 1. The van der Waals surface area contributed by atoms with Gasteiger partial charge in [0.15, 0.2) is 0 Å². The summed E-state index contributed by atoms with van der Waals surface area (Å²) < 4.78 is 5.36. The van der Waals surface area contributed by atoms with Crippen LogP contribution in [0.1, 0.15) is 42.7 Å². The van der Waals surface area contributed by atoms with Gasteiger partial charge in [0.2, 0.25) is 0 Å². The fourth-order valence-electron chi connectivity index (χ4n) is 2.51. The Morgan fingerprint density at radius 3 is 2.74 bits per heavy atom. The van der Waals surface area contributed by atoms with Crippen molar-refractivity contribution in [2.45, 2.75) is 38.0 Å². The third kappa shape index (κ3) is 4.22. The van der Waals surface area contributed by atoms with Crippen molar-refractivity contribution in [1.29, 1.82) is 0 Å². The Balaban J connectivity index is 1.98. The molecule has 1 saturated heterocycles. The first-order chi connectivity index (χ1) is 9.16. The minimum atomic E-state index is -0.745. The Morgan fingerprint density at radius 1 is 1.37 bits per heavy atom. The molecule has 19 heavy (non-hydrogen) atoms. The molecule has 0 aliphatic carbocycles. The predicted molar refractivity (Wildman–Crippen MR) is 74.8 cm³/mol. The van der Waals surface area contributed by atoms with Crippen LogP contribution in [0.5, 0.6) is 0 Å². The topological polar surface area (TPSA) is 46.5 Å². The highest BCUT2D eigenvalue weighted by Crippen LogP contribution is 2.32. The normalized spacial score (nSPS) is 16.5. The summed E-state index contributed by atoms with van der Waals surface area (Å²) in [6.45, 7) is 1.61. The van der Waals surface area contributed by atoms with Crippen LogP contribution in [0.25, 0.3) is 0 Å². The Hall–Kier alpha value is -1.06. The third-order valence-corrected chi connectivity index (χ3v) is 3.91. The zero-order valence-electron chi connectivity index (χ0n) is 10.9. The highest BCUT2D eigenvalue weighted by atomic mass is 35.5. The Morgan fingerprint density at radius 2 is 2.11 bits per heavy atom. The summed E-state index contributed by atoms with van der Waals surface area (Å²) in [6.07, 6.45) is 3.68. The molecule has 104 valence electrons. The van der Waals surface area contributed by atoms with Gasteiger partial charge in [0.1, 0.15) is 0 Å². The SMILES string of the molecule is O=C(O)CCCc1ccc(C2CCOCC2)c(Cl)c1. The summed E-state index contributed by atoms with van der Waals surface area (Å²) >= 11 is 6.35. The maximum Gasteiger partial charge on any atom is 0.303 e. The highest BCUT2D eigenvalue weighted by molar-refractivity contribution is 6.31. The van der Waals surface area contributed by atoms with Crippen molar-refractivity contribution in [3.63, 3.8) is 0 Å². The maximum absolute atomic E-state index is 10.5. The molecule has 0 radical (unpaired) electrons. The van der Waals surface area contributed by atoms with Crippen molar-refractivity contribution >= 4 is 17.6 Å². The van der Waals surface area contributed by atoms with E-state index in [1.807, 2.05) is 6.07 Å². The van der Waals surface area contributed by atoms with Crippen molar-refractivity contribution in [1.82, 2.24) is 0 Å².